The molecule has 0 unspecified atom stereocenters. The van der Waals surface area contributed by atoms with Gasteiger partial charge in [0, 0.05) is 23.0 Å². The van der Waals surface area contributed by atoms with Crippen LogP contribution in [0, 0.1) is 5.82 Å². The molecule has 5 rings (SSSR count). The molecule has 1 aromatic heterocycles. The lowest BCUT2D eigenvalue weighted by atomic mass is 10.0. The number of para-hydroxylation sites is 1. The van der Waals surface area contributed by atoms with Crippen LogP contribution in [0.1, 0.15) is 22.1 Å². The van der Waals surface area contributed by atoms with Crippen molar-refractivity contribution in [2.24, 2.45) is 0 Å². The number of anilines is 2. The summed E-state index contributed by atoms with van der Waals surface area (Å²) in [6.45, 7) is 0. The molecule has 0 spiro atoms. The predicted octanol–water partition coefficient (Wildman–Crippen LogP) is 5.15. The number of nitrogens with one attached hydrogen (secondary N) is 1. The van der Waals surface area contributed by atoms with E-state index >= 15 is 0 Å². The van der Waals surface area contributed by atoms with Crippen molar-refractivity contribution in [1.29, 1.82) is 0 Å². The van der Waals surface area contributed by atoms with Crippen LogP contribution in [0.25, 0.3) is 10.9 Å². The fourth-order valence-corrected chi connectivity index (χ4v) is 3.62. The second-order valence-corrected chi connectivity index (χ2v) is 6.70. The van der Waals surface area contributed by atoms with Crippen molar-refractivity contribution in [1.82, 2.24) is 4.98 Å². The zero-order valence-corrected chi connectivity index (χ0v) is 14.8. The van der Waals surface area contributed by atoms with E-state index in [1.807, 2.05) is 48.5 Å². The number of carbonyl (C=O) groups is 1. The normalized spacial score (nSPS) is 16.0. The zero-order valence-electron chi connectivity index (χ0n) is 14.8. The van der Waals surface area contributed by atoms with Gasteiger partial charge in [-0.25, -0.2) is 4.39 Å². The second-order valence-electron chi connectivity index (χ2n) is 6.70. The largest absolute Gasteiger partial charge is 0.360 e. The molecule has 0 saturated heterocycles. The first-order chi connectivity index (χ1) is 13.7. The number of pyridine rings is 1. The lowest BCUT2D eigenvalue weighted by molar-refractivity contribution is 0.0975. The van der Waals surface area contributed by atoms with Crippen LogP contribution in [0.5, 0.6) is 0 Å². The lowest BCUT2D eigenvalue weighted by Crippen LogP contribution is -2.43. The Morgan fingerprint density at radius 2 is 1.75 bits per heavy atom. The maximum atomic E-state index is 13.5. The van der Waals surface area contributed by atoms with Crippen LogP contribution < -0.4 is 10.2 Å². The maximum absolute atomic E-state index is 13.5. The predicted molar refractivity (Wildman–Crippen MR) is 108 cm³/mol. The third-order valence-electron chi connectivity index (χ3n) is 4.97. The molecule has 0 fully saturated rings. The van der Waals surface area contributed by atoms with Crippen LogP contribution in [0.3, 0.4) is 0 Å². The van der Waals surface area contributed by atoms with Crippen LogP contribution >= 0.6 is 0 Å². The molecule has 28 heavy (non-hydrogen) atoms. The molecule has 1 amide bonds. The number of hydrogen-bond acceptors (Lipinski definition) is 3. The molecule has 1 atom stereocenters. The summed E-state index contributed by atoms with van der Waals surface area (Å²) in [5.74, 6) is -0.466. The third kappa shape index (κ3) is 2.68. The zero-order chi connectivity index (χ0) is 19.1. The van der Waals surface area contributed by atoms with Gasteiger partial charge >= 0.3 is 0 Å². The number of hydrogen-bond donors (Lipinski definition) is 1. The summed E-state index contributed by atoms with van der Waals surface area (Å²) < 4.78 is 13.5. The summed E-state index contributed by atoms with van der Waals surface area (Å²) in [6, 6.07) is 23.2. The SMILES string of the molecule is O=C1c2ccccc2N[C@H](c2ccc3ncccc3c2)N1c1ccc(F)cc1. The molecular weight excluding hydrogens is 353 g/mol. The van der Waals surface area contributed by atoms with Gasteiger partial charge in [-0.1, -0.05) is 24.3 Å². The van der Waals surface area contributed by atoms with Gasteiger partial charge in [0.2, 0.25) is 0 Å². The molecule has 1 aliphatic rings. The van der Waals surface area contributed by atoms with E-state index in [0.29, 0.717) is 11.3 Å². The van der Waals surface area contributed by atoms with E-state index < -0.39 is 6.17 Å². The van der Waals surface area contributed by atoms with Crippen molar-refractivity contribution < 1.29 is 9.18 Å². The fraction of sp³-hybridized carbons (Fsp3) is 0.0435. The Morgan fingerprint density at radius 3 is 2.61 bits per heavy atom. The first-order valence-corrected chi connectivity index (χ1v) is 9.00. The number of rotatable bonds is 2. The van der Waals surface area contributed by atoms with Gasteiger partial charge < -0.3 is 5.32 Å². The topological polar surface area (TPSA) is 45.2 Å². The van der Waals surface area contributed by atoms with Crippen LogP contribution in [-0.2, 0) is 0 Å². The Morgan fingerprint density at radius 1 is 0.929 bits per heavy atom. The molecule has 3 aromatic carbocycles. The number of halogens is 1. The highest BCUT2D eigenvalue weighted by molar-refractivity contribution is 6.12. The minimum atomic E-state index is -0.419. The number of nitrogens with zero attached hydrogens (tertiary/aromatic N) is 2. The highest BCUT2D eigenvalue weighted by Crippen LogP contribution is 2.37. The number of benzene rings is 3. The van der Waals surface area contributed by atoms with Gasteiger partial charge in [-0.2, -0.15) is 0 Å². The summed E-state index contributed by atoms with van der Waals surface area (Å²) in [4.78, 5) is 19.4. The maximum Gasteiger partial charge on any atom is 0.262 e. The summed E-state index contributed by atoms with van der Waals surface area (Å²) >= 11 is 0. The van der Waals surface area contributed by atoms with E-state index in [1.54, 1.807) is 29.3 Å². The van der Waals surface area contributed by atoms with Crippen molar-refractivity contribution in [3.8, 4) is 0 Å². The monoisotopic (exact) mass is 369 g/mol. The van der Waals surface area contributed by atoms with Gasteiger partial charge in [-0.3, -0.25) is 14.7 Å². The van der Waals surface area contributed by atoms with E-state index in [0.717, 1.165) is 22.2 Å². The standard InChI is InChI=1S/C23H16FN3O/c24-17-8-10-18(11-9-17)27-22(26-21-6-2-1-5-19(21)23(27)28)16-7-12-20-15(14-16)4-3-13-25-20/h1-14,22,26H/t22-/m0/s1. The Bertz CT molecular complexity index is 1190. The first-order valence-electron chi connectivity index (χ1n) is 9.00. The summed E-state index contributed by atoms with van der Waals surface area (Å²) in [7, 11) is 0. The van der Waals surface area contributed by atoms with E-state index in [-0.39, 0.29) is 11.7 Å². The minimum absolute atomic E-state index is 0.128. The number of carbonyl (C=O) groups excluding carboxylic acids is 1. The van der Waals surface area contributed by atoms with Crippen LogP contribution in [0.4, 0.5) is 15.8 Å². The Hall–Kier alpha value is -3.73. The average molecular weight is 369 g/mol. The molecule has 5 heteroatoms. The summed E-state index contributed by atoms with van der Waals surface area (Å²) in [6.07, 6.45) is 1.34. The molecule has 0 radical (unpaired) electrons. The van der Waals surface area contributed by atoms with Gasteiger partial charge in [0.15, 0.2) is 0 Å². The van der Waals surface area contributed by atoms with Crippen molar-refractivity contribution >= 4 is 28.2 Å². The third-order valence-corrected chi connectivity index (χ3v) is 4.97. The van der Waals surface area contributed by atoms with Crippen LogP contribution in [0.2, 0.25) is 0 Å². The number of fused-ring (bicyclic) bond motifs is 2. The summed E-state index contributed by atoms with van der Waals surface area (Å²) in [5.41, 5.74) is 3.81. The van der Waals surface area contributed by atoms with E-state index in [2.05, 4.69) is 10.3 Å². The minimum Gasteiger partial charge on any atom is -0.360 e. The molecular formula is C23H16FN3O. The van der Waals surface area contributed by atoms with Crippen molar-refractivity contribution in [3.63, 3.8) is 0 Å². The second kappa shape index (κ2) is 6.46. The molecule has 1 aliphatic heterocycles. The van der Waals surface area contributed by atoms with Gasteiger partial charge in [-0.15, -0.1) is 0 Å². The molecule has 4 nitrogen and oxygen atoms in total. The van der Waals surface area contributed by atoms with Gasteiger partial charge in [0.05, 0.1) is 11.1 Å². The summed E-state index contributed by atoms with van der Waals surface area (Å²) in [5, 5.41) is 4.46. The molecule has 0 saturated carbocycles. The number of aromatic nitrogens is 1. The van der Waals surface area contributed by atoms with Gasteiger partial charge in [0.25, 0.3) is 5.91 Å². The molecule has 0 bridgehead atoms. The lowest BCUT2D eigenvalue weighted by Gasteiger charge is -2.38. The van der Waals surface area contributed by atoms with Crippen molar-refractivity contribution in [2.75, 3.05) is 10.2 Å². The molecule has 1 N–H and O–H groups in total. The average Bonchev–Trinajstić information content (AvgIpc) is 2.74. The highest BCUT2D eigenvalue weighted by Gasteiger charge is 2.34. The number of amides is 1. The quantitative estimate of drug-likeness (QED) is 0.532. The van der Waals surface area contributed by atoms with Gasteiger partial charge in [-0.05, 0) is 60.2 Å². The van der Waals surface area contributed by atoms with Crippen LogP contribution in [-0.4, -0.2) is 10.9 Å². The molecule has 0 aliphatic carbocycles. The van der Waals surface area contributed by atoms with E-state index in [4.69, 9.17) is 0 Å². The molecule has 2 heterocycles. The fourth-order valence-electron chi connectivity index (χ4n) is 3.62. The first kappa shape index (κ1) is 16.4. The Labute approximate surface area is 161 Å². The Kier molecular flexibility index (Phi) is 3.79. The van der Waals surface area contributed by atoms with Gasteiger partial charge in [0.1, 0.15) is 12.0 Å². The molecule has 136 valence electrons. The molecule has 4 aromatic rings. The van der Waals surface area contributed by atoms with E-state index in [1.165, 1.54) is 12.1 Å². The van der Waals surface area contributed by atoms with Crippen LogP contribution in [0.15, 0.2) is 85.1 Å². The van der Waals surface area contributed by atoms with E-state index in [9.17, 15) is 9.18 Å². The van der Waals surface area contributed by atoms with Crippen molar-refractivity contribution in [3.05, 3.63) is 102 Å². The smallest absolute Gasteiger partial charge is 0.262 e. The highest BCUT2D eigenvalue weighted by atomic mass is 19.1. The van der Waals surface area contributed by atoms with Crippen molar-refractivity contribution in [2.45, 2.75) is 6.17 Å². The Balaban J connectivity index is 1.67.